The van der Waals surface area contributed by atoms with Crippen molar-refractivity contribution in [2.45, 2.75) is 0 Å². The molecule has 4 rings (SSSR count). The highest BCUT2D eigenvalue weighted by molar-refractivity contribution is 6.31. The first-order valence-corrected chi connectivity index (χ1v) is 8.09. The zero-order valence-electron chi connectivity index (χ0n) is 13.3. The van der Waals surface area contributed by atoms with Crippen LogP contribution in [0.2, 0.25) is 5.02 Å². The van der Waals surface area contributed by atoms with E-state index in [1.807, 2.05) is 0 Å². The molecule has 2 N–H and O–H groups in total. The Morgan fingerprint density at radius 2 is 1.96 bits per heavy atom. The minimum Gasteiger partial charge on any atom is -0.483 e. The van der Waals surface area contributed by atoms with Gasteiger partial charge in [0.05, 0.1) is 5.56 Å². The number of aromatic nitrogens is 1. The molecular formula is C18H12ClN3O4. The summed E-state index contributed by atoms with van der Waals surface area (Å²) in [4.78, 5) is 40.3. The van der Waals surface area contributed by atoms with E-state index in [-0.39, 0.29) is 17.9 Å². The van der Waals surface area contributed by atoms with Crippen molar-refractivity contribution >= 4 is 40.2 Å². The SMILES string of the molecule is O=C(NN1C(=O)COc2ccccc2C1=O)c1cc2cc(Cl)ccc2[nH]1. The molecule has 0 unspecified atom stereocenters. The quantitative estimate of drug-likeness (QED) is 0.679. The lowest BCUT2D eigenvalue weighted by Gasteiger charge is -2.18. The van der Waals surface area contributed by atoms with Gasteiger partial charge in [-0.25, -0.2) is 0 Å². The van der Waals surface area contributed by atoms with Crippen LogP contribution in [-0.4, -0.2) is 34.3 Å². The summed E-state index contributed by atoms with van der Waals surface area (Å²) in [7, 11) is 0. The fraction of sp³-hybridized carbons (Fsp3) is 0.0556. The number of amides is 3. The van der Waals surface area contributed by atoms with Crippen LogP contribution >= 0.6 is 11.6 Å². The number of aromatic amines is 1. The van der Waals surface area contributed by atoms with Gasteiger partial charge in [-0.05, 0) is 36.4 Å². The van der Waals surface area contributed by atoms with E-state index in [1.54, 1.807) is 42.5 Å². The summed E-state index contributed by atoms with van der Waals surface area (Å²) in [6, 6.07) is 13.2. The molecule has 7 nitrogen and oxygen atoms in total. The van der Waals surface area contributed by atoms with E-state index in [1.165, 1.54) is 6.07 Å². The molecule has 8 heteroatoms. The fourth-order valence-corrected chi connectivity index (χ4v) is 2.89. The molecule has 0 aliphatic carbocycles. The third-order valence-corrected chi connectivity index (χ3v) is 4.20. The number of carbonyl (C=O) groups excluding carboxylic acids is 3. The van der Waals surface area contributed by atoms with Crippen molar-refractivity contribution in [3.8, 4) is 5.75 Å². The van der Waals surface area contributed by atoms with Gasteiger partial charge in [0, 0.05) is 15.9 Å². The summed E-state index contributed by atoms with van der Waals surface area (Å²) >= 11 is 5.94. The number of ether oxygens (including phenoxy) is 1. The summed E-state index contributed by atoms with van der Waals surface area (Å²) in [6.45, 7) is -0.356. The molecule has 2 aromatic carbocycles. The van der Waals surface area contributed by atoms with Gasteiger partial charge in [0.2, 0.25) is 0 Å². The van der Waals surface area contributed by atoms with Crippen LogP contribution in [0.15, 0.2) is 48.5 Å². The molecule has 0 radical (unpaired) electrons. The van der Waals surface area contributed by atoms with E-state index < -0.39 is 17.7 Å². The molecule has 1 aromatic heterocycles. The summed E-state index contributed by atoms with van der Waals surface area (Å²) < 4.78 is 5.32. The average Bonchev–Trinajstić information content (AvgIpc) is 3.02. The predicted molar refractivity (Wildman–Crippen MR) is 93.9 cm³/mol. The topological polar surface area (TPSA) is 91.5 Å². The van der Waals surface area contributed by atoms with Crippen molar-refractivity contribution < 1.29 is 19.1 Å². The summed E-state index contributed by atoms with van der Waals surface area (Å²) in [6.07, 6.45) is 0. The van der Waals surface area contributed by atoms with E-state index in [4.69, 9.17) is 16.3 Å². The molecule has 3 aromatic rings. The second-order valence-electron chi connectivity index (χ2n) is 5.67. The number of hydrazine groups is 1. The number of nitrogens with zero attached hydrogens (tertiary/aromatic N) is 1. The Morgan fingerprint density at radius 1 is 1.15 bits per heavy atom. The molecule has 0 spiro atoms. The highest BCUT2D eigenvalue weighted by Gasteiger charge is 2.31. The number of hydrogen-bond acceptors (Lipinski definition) is 4. The van der Waals surface area contributed by atoms with Gasteiger partial charge in [0.15, 0.2) is 6.61 Å². The van der Waals surface area contributed by atoms with E-state index in [9.17, 15) is 14.4 Å². The van der Waals surface area contributed by atoms with Crippen molar-refractivity contribution in [3.05, 3.63) is 64.8 Å². The molecule has 1 aliphatic rings. The number of fused-ring (bicyclic) bond motifs is 2. The number of benzene rings is 2. The van der Waals surface area contributed by atoms with Crippen molar-refractivity contribution in [2.75, 3.05) is 6.61 Å². The molecule has 0 atom stereocenters. The lowest BCUT2D eigenvalue weighted by atomic mass is 10.2. The second-order valence-corrected chi connectivity index (χ2v) is 6.11. The van der Waals surface area contributed by atoms with Gasteiger partial charge in [0.1, 0.15) is 11.4 Å². The first-order valence-electron chi connectivity index (χ1n) is 7.71. The van der Waals surface area contributed by atoms with Crippen LogP contribution in [0.5, 0.6) is 5.75 Å². The predicted octanol–water partition coefficient (Wildman–Crippen LogP) is 2.53. The third-order valence-electron chi connectivity index (χ3n) is 3.96. The lowest BCUT2D eigenvalue weighted by Crippen LogP contribution is -2.50. The maximum Gasteiger partial charge on any atom is 0.286 e. The molecule has 0 bridgehead atoms. The Balaban J connectivity index is 1.63. The second kappa shape index (κ2) is 6.20. The van der Waals surface area contributed by atoms with Crippen LogP contribution in [0.3, 0.4) is 0 Å². The van der Waals surface area contributed by atoms with Crippen molar-refractivity contribution in [2.24, 2.45) is 0 Å². The van der Waals surface area contributed by atoms with Gasteiger partial charge in [-0.2, -0.15) is 5.01 Å². The normalized spacial score (nSPS) is 14.0. The van der Waals surface area contributed by atoms with Crippen LogP contribution in [0, 0.1) is 0 Å². The number of imide groups is 1. The Morgan fingerprint density at radius 3 is 2.81 bits per heavy atom. The van der Waals surface area contributed by atoms with E-state index >= 15 is 0 Å². The molecule has 0 fully saturated rings. The third kappa shape index (κ3) is 2.78. The summed E-state index contributed by atoms with van der Waals surface area (Å²) in [5, 5.41) is 1.95. The fourth-order valence-electron chi connectivity index (χ4n) is 2.71. The summed E-state index contributed by atoms with van der Waals surface area (Å²) in [5.41, 5.74) is 3.44. The molecule has 130 valence electrons. The number of H-pyrrole nitrogens is 1. The van der Waals surface area contributed by atoms with Crippen LogP contribution in [0.25, 0.3) is 10.9 Å². The zero-order valence-corrected chi connectivity index (χ0v) is 14.0. The zero-order chi connectivity index (χ0) is 18.3. The minimum absolute atomic E-state index is 0.196. The minimum atomic E-state index is -0.668. The monoisotopic (exact) mass is 369 g/mol. The maximum absolute atomic E-state index is 12.6. The Labute approximate surface area is 152 Å². The molecule has 26 heavy (non-hydrogen) atoms. The lowest BCUT2D eigenvalue weighted by molar-refractivity contribution is -0.132. The number of rotatable bonds is 2. The van der Waals surface area contributed by atoms with Gasteiger partial charge in [-0.15, -0.1) is 0 Å². The molecule has 2 heterocycles. The van der Waals surface area contributed by atoms with E-state index in [2.05, 4.69) is 10.4 Å². The Hall–Kier alpha value is -3.32. The van der Waals surface area contributed by atoms with Crippen molar-refractivity contribution in [3.63, 3.8) is 0 Å². The molecule has 3 amide bonds. The number of para-hydroxylation sites is 1. The molecule has 0 saturated heterocycles. The van der Waals surface area contributed by atoms with Crippen LogP contribution in [0.4, 0.5) is 0 Å². The number of hydrogen-bond donors (Lipinski definition) is 2. The smallest absolute Gasteiger partial charge is 0.286 e. The van der Waals surface area contributed by atoms with E-state index in [0.29, 0.717) is 21.3 Å². The number of nitrogens with one attached hydrogen (secondary N) is 2. The van der Waals surface area contributed by atoms with Gasteiger partial charge >= 0.3 is 0 Å². The first kappa shape index (κ1) is 16.2. The highest BCUT2D eigenvalue weighted by Crippen LogP contribution is 2.23. The number of halogens is 1. The largest absolute Gasteiger partial charge is 0.483 e. The summed E-state index contributed by atoms with van der Waals surface area (Å²) in [5.74, 6) is -1.66. The van der Waals surface area contributed by atoms with Gasteiger partial charge in [-0.1, -0.05) is 23.7 Å². The molecule has 1 aliphatic heterocycles. The standard InChI is InChI=1S/C18H12ClN3O4/c19-11-5-6-13-10(7-11)8-14(20-13)17(24)21-22-16(23)9-26-15-4-2-1-3-12(15)18(22)25/h1-8,20H,9H2,(H,21,24). The Kier molecular flexibility index (Phi) is 3.85. The van der Waals surface area contributed by atoms with Crippen molar-refractivity contribution in [1.29, 1.82) is 0 Å². The molecular weight excluding hydrogens is 358 g/mol. The van der Waals surface area contributed by atoms with Crippen LogP contribution in [0.1, 0.15) is 20.8 Å². The van der Waals surface area contributed by atoms with Crippen molar-refractivity contribution in [1.82, 2.24) is 15.4 Å². The highest BCUT2D eigenvalue weighted by atomic mass is 35.5. The number of carbonyl (C=O) groups is 3. The first-order chi connectivity index (χ1) is 12.5. The maximum atomic E-state index is 12.6. The van der Waals surface area contributed by atoms with E-state index in [0.717, 1.165) is 5.39 Å². The van der Waals surface area contributed by atoms with Gasteiger partial charge in [0.25, 0.3) is 17.7 Å². The van der Waals surface area contributed by atoms with Crippen LogP contribution in [-0.2, 0) is 4.79 Å². The van der Waals surface area contributed by atoms with Gasteiger partial charge < -0.3 is 9.72 Å². The average molecular weight is 370 g/mol. The Bertz CT molecular complexity index is 1060. The van der Waals surface area contributed by atoms with Crippen LogP contribution < -0.4 is 10.2 Å². The van der Waals surface area contributed by atoms with Gasteiger partial charge in [-0.3, -0.25) is 19.8 Å². The molecule has 0 saturated carbocycles.